The van der Waals surface area contributed by atoms with E-state index in [-0.39, 0.29) is 17.2 Å². The Bertz CT molecular complexity index is 1400. The normalized spacial score (nSPS) is 10.7. The fourth-order valence-corrected chi connectivity index (χ4v) is 4.22. The summed E-state index contributed by atoms with van der Waals surface area (Å²) in [4.78, 5) is 30.8. The number of hydrogen-bond donors (Lipinski definition) is 1. The molecule has 1 aromatic heterocycles. The van der Waals surface area contributed by atoms with Crippen molar-refractivity contribution in [2.24, 2.45) is 0 Å². The van der Waals surface area contributed by atoms with Gasteiger partial charge in [0.1, 0.15) is 17.2 Å². The molecule has 3 aromatic carbocycles. The zero-order valence-electron chi connectivity index (χ0n) is 18.9. The van der Waals surface area contributed by atoms with Crippen LogP contribution in [-0.4, -0.2) is 42.5 Å². The minimum atomic E-state index is -0.270. The molecule has 1 amide bonds. The van der Waals surface area contributed by atoms with Gasteiger partial charge >= 0.3 is 0 Å². The van der Waals surface area contributed by atoms with Gasteiger partial charge in [0.15, 0.2) is 5.16 Å². The van der Waals surface area contributed by atoms with Crippen molar-refractivity contribution in [1.82, 2.24) is 9.55 Å². The second kappa shape index (κ2) is 10.3. The number of nitrogens with zero attached hydrogens (tertiary/aromatic N) is 2. The maximum absolute atomic E-state index is 13.4. The highest BCUT2D eigenvalue weighted by molar-refractivity contribution is 7.99. The zero-order valence-corrected chi connectivity index (χ0v) is 19.7. The Hall–Kier alpha value is -3.98. The summed E-state index contributed by atoms with van der Waals surface area (Å²) < 4.78 is 17.4. The lowest BCUT2D eigenvalue weighted by Crippen LogP contribution is -2.23. The minimum absolute atomic E-state index is 0.0317. The molecule has 34 heavy (non-hydrogen) atoms. The first kappa shape index (κ1) is 23.2. The van der Waals surface area contributed by atoms with Crippen molar-refractivity contribution < 1.29 is 19.0 Å². The van der Waals surface area contributed by atoms with Crippen LogP contribution in [0.1, 0.15) is 0 Å². The van der Waals surface area contributed by atoms with Gasteiger partial charge in [0.25, 0.3) is 5.56 Å². The number of rotatable bonds is 8. The molecular weight excluding hydrogens is 454 g/mol. The predicted molar refractivity (Wildman–Crippen MR) is 133 cm³/mol. The van der Waals surface area contributed by atoms with Gasteiger partial charge in [-0.25, -0.2) is 4.98 Å². The van der Waals surface area contributed by atoms with Crippen LogP contribution < -0.4 is 25.1 Å². The standard InChI is InChI=1S/C25H23N3O5S/c1-31-17-8-6-7-16(13-17)28-24(30)19-9-4-5-10-20(19)27-25(28)34-15-23(29)26-21-12-11-18(32-2)14-22(21)33-3/h4-14H,15H2,1-3H3,(H,26,29). The van der Waals surface area contributed by atoms with Gasteiger partial charge in [0.2, 0.25) is 5.91 Å². The van der Waals surface area contributed by atoms with Gasteiger partial charge in [-0.15, -0.1) is 0 Å². The maximum atomic E-state index is 13.4. The van der Waals surface area contributed by atoms with Gasteiger partial charge in [-0.3, -0.25) is 14.2 Å². The number of nitrogens with one attached hydrogen (secondary N) is 1. The van der Waals surface area contributed by atoms with Gasteiger partial charge < -0.3 is 19.5 Å². The highest BCUT2D eigenvalue weighted by Gasteiger charge is 2.16. The van der Waals surface area contributed by atoms with Crippen molar-refractivity contribution in [2.45, 2.75) is 5.16 Å². The molecule has 8 nitrogen and oxygen atoms in total. The van der Waals surface area contributed by atoms with Crippen LogP contribution >= 0.6 is 11.8 Å². The number of hydrogen-bond acceptors (Lipinski definition) is 7. The quantitative estimate of drug-likeness (QED) is 0.301. The number of benzene rings is 3. The highest BCUT2D eigenvalue weighted by atomic mass is 32.2. The lowest BCUT2D eigenvalue weighted by atomic mass is 10.2. The molecule has 0 aliphatic heterocycles. The van der Waals surface area contributed by atoms with Crippen LogP contribution in [0.2, 0.25) is 0 Å². The number of fused-ring (bicyclic) bond motifs is 1. The molecule has 0 fully saturated rings. The molecule has 0 aliphatic rings. The van der Waals surface area contributed by atoms with E-state index >= 15 is 0 Å². The lowest BCUT2D eigenvalue weighted by molar-refractivity contribution is -0.113. The third-order valence-electron chi connectivity index (χ3n) is 5.07. The molecule has 0 aliphatic carbocycles. The second-order valence-electron chi connectivity index (χ2n) is 7.16. The average Bonchev–Trinajstić information content (AvgIpc) is 2.87. The van der Waals surface area contributed by atoms with Crippen LogP contribution in [0.4, 0.5) is 5.69 Å². The van der Waals surface area contributed by atoms with Crippen molar-refractivity contribution in [2.75, 3.05) is 32.4 Å². The number of amides is 1. The molecule has 0 atom stereocenters. The summed E-state index contributed by atoms with van der Waals surface area (Å²) in [5.74, 6) is 1.47. The Balaban J connectivity index is 1.65. The van der Waals surface area contributed by atoms with Crippen molar-refractivity contribution in [3.63, 3.8) is 0 Å². The molecule has 0 saturated carbocycles. The fraction of sp³-hybridized carbons (Fsp3) is 0.160. The molecule has 0 saturated heterocycles. The SMILES string of the molecule is COc1cccc(-n2c(SCC(=O)Nc3ccc(OC)cc3OC)nc3ccccc3c2=O)c1. The number of thioether (sulfide) groups is 1. The van der Waals surface area contributed by atoms with Crippen molar-refractivity contribution in [1.29, 1.82) is 0 Å². The number of methoxy groups -OCH3 is 3. The highest BCUT2D eigenvalue weighted by Crippen LogP contribution is 2.29. The topological polar surface area (TPSA) is 91.7 Å². The smallest absolute Gasteiger partial charge is 0.266 e. The number of para-hydroxylation sites is 1. The van der Waals surface area contributed by atoms with E-state index in [1.165, 1.54) is 23.4 Å². The van der Waals surface area contributed by atoms with Crippen LogP contribution in [0.25, 0.3) is 16.6 Å². The number of carbonyl (C=O) groups is 1. The Morgan fingerprint density at radius 3 is 2.47 bits per heavy atom. The molecule has 0 radical (unpaired) electrons. The van der Waals surface area contributed by atoms with E-state index in [0.717, 1.165) is 0 Å². The first-order chi connectivity index (χ1) is 16.5. The third kappa shape index (κ3) is 4.84. The maximum Gasteiger partial charge on any atom is 0.266 e. The van der Waals surface area contributed by atoms with E-state index in [4.69, 9.17) is 14.2 Å². The summed E-state index contributed by atoms with van der Waals surface area (Å²) in [5.41, 5.74) is 1.46. The van der Waals surface area contributed by atoms with Gasteiger partial charge in [-0.1, -0.05) is 30.0 Å². The number of anilines is 1. The zero-order chi connectivity index (χ0) is 24.1. The van der Waals surface area contributed by atoms with Crippen molar-refractivity contribution in [3.8, 4) is 22.9 Å². The third-order valence-corrected chi connectivity index (χ3v) is 6.01. The van der Waals surface area contributed by atoms with Crippen LogP contribution in [0.3, 0.4) is 0 Å². The molecule has 0 spiro atoms. The van der Waals surface area contributed by atoms with E-state index in [2.05, 4.69) is 10.3 Å². The Morgan fingerprint density at radius 2 is 1.71 bits per heavy atom. The van der Waals surface area contributed by atoms with E-state index in [1.54, 1.807) is 74.9 Å². The summed E-state index contributed by atoms with van der Waals surface area (Å²) in [6.07, 6.45) is 0. The summed E-state index contributed by atoms with van der Waals surface area (Å²) >= 11 is 1.17. The molecule has 9 heteroatoms. The van der Waals surface area contributed by atoms with Gasteiger partial charge in [0.05, 0.1) is 49.4 Å². The average molecular weight is 478 g/mol. The molecule has 1 N–H and O–H groups in total. The Kier molecular flexibility index (Phi) is 7.03. The van der Waals surface area contributed by atoms with E-state index in [1.807, 2.05) is 6.07 Å². The van der Waals surface area contributed by atoms with Crippen molar-refractivity contribution in [3.05, 3.63) is 77.1 Å². The van der Waals surface area contributed by atoms with Crippen LogP contribution in [0, 0.1) is 0 Å². The van der Waals surface area contributed by atoms with E-state index in [9.17, 15) is 9.59 Å². The largest absolute Gasteiger partial charge is 0.497 e. The number of ether oxygens (including phenoxy) is 3. The predicted octanol–water partition coefficient (Wildman–Crippen LogP) is 4.14. The summed E-state index contributed by atoms with van der Waals surface area (Å²) in [5, 5.41) is 3.72. The summed E-state index contributed by atoms with van der Waals surface area (Å²) in [6.45, 7) is 0. The van der Waals surface area contributed by atoms with Gasteiger partial charge in [0, 0.05) is 12.1 Å². The molecule has 1 heterocycles. The molecule has 0 bridgehead atoms. The molecule has 4 aromatic rings. The summed E-state index contributed by atoms with van der Waals surface area (Å²) in [6, 6.07) is 19.4. The molecular formula is C25H23N3O5S. The fourth-order valence-electron chi connectivity index (χ4n) is 3.40. The Labute approximate surface area is 200 Å². The molecule has 0 unspecified atom stereocenters. The van der Waals surface area contributed by atoms with Gasteiger partial charge in [-0.05, 0) is 36.4 Å². The van der Waals surface area contributed by atoms with Crippen LogP contribution in [0.5, 0.6) is 17.2 Å². The first-order valence-electron chi connectivity index (χ1n) is 10.3. The van der Waals surface area contributed by atoms with E-state index in [0.29, 0.717) is 44.7 Å². The van der Waals surface area contributed by atoms with Crippen LogP contribution in [0.15, 0.2) is 76.7 Å². The van der Waals surface area contributed by atoms with Crippen LogP contribution in [-0.2, 0) is 4.79 Å². The Morgan fingerprint density at radius 1 is 0.941 bits per heavy atom. The lowest BCUT2D eigenvalue weighted by Gasteiger charge is -2.14. The van der Waals surface area contributed by atoms with E-state index < -0.39 is 0 Å². The summed E-state index contributed by atoms with van der Waals surface area (Å²) in [7, 11) is 4.64. The second-order valence-corrected chi connectivity index (χ2v) is 8.10. The van der Waals surface area contributed by atoms with Crippen molar-refractivity contribution >= 4 is 34.3 Å². The number of carbonyl (C=O) groups excluding carboxylic acids is 1. The van der Waals surface area contributed by atoms with Gasteiger partial charge in [-0.2, -0.15) is 0 Å². The monoisotopic (exact) mass is 477 g/mol. The minimum Gasteiger partial charge on any atom is -0.497 e. The first-order valence-corrected chi connectivity index (χ1v) is 11.3. The number of aromatic nitrogens is 2. The molecule has 174 valence electrons. The molecule has 4 rings (SSSR count).